The number of non-ortho nitro benzene ring substituents is 1. The molecule has 0 aliphatic heterocycles. The summed E-state index contributed by atoms with van der Waals surface area (Å²) < 4.78 is 44.6. The van der Waals surface area contributed by atoms with Crippen LogP contribution in [0.4, 0.5) is 30.2 Å². The number of amides is 1. The maximum Gasteiger partial charge on any atom is 0.271 e. The van der Waals surface area contributed by atoms with Gasteiger partial charge in [-0.1, -0.05) is 0 Å². The number of anilines is 2. The van der Waals surface area contributed by atoms with Gasteiger partial charge in [-0.3, -0.25) is 14.9 Å². The highest BCUT2D eigenvalue weighted by atomic mass is 19.1. The highest BCUT2D eigenvalue weighted by molar-refractivity contribution is 5.99. The topological polar surface area (TPSA) is 93.5 Å². The smallest absolute Gasteiger partial charge is 0.271 e. The number of ether oxygens (including phenoxy) is 1. The van der Waals surface area contributed by atoms with Crippen LogP contribution in [0.1, 0.15) is 13.8 Å². The summed E-state index contributed by atoms with van der Waals surface area (Å²) in [6.45, 7) is 1.93. The Labute approximate surface area is 158 Å². The Morgan fingerprint density at radius 1 is 1.18 bits per heavy atom. The Hall–Kier alpha value is -3.30. The van der Waals surface area contributed by atoms with E-state index in [-0.39, 0.29) is 29.4 Å². The van der Waals surface area contributed by atoms with E-state index < -0.39 is 34.7 Å². The van der Waals surface area contributed by atoms with Gasteiger partial charge in [0.05, 0.1) is 16.3 Å². The van der Waals surface area contributed by atoms with Gasteiger partial charge in [0.15, 0.2) is 17.2 Å². The van der Waals surface area contributed by atoms with Crippen LogP contribution in [0, 0.1) is 21.7 Å². The highest BCUT2D eigenvalue weighted by Crippen LogP contribution is 2.29. The van der Waals surface area contributed by atoms with Crippen molar-refractivity contribution in [3.05, 3.63) is 58.1 Å². The molecule has 0 saturated carbocycles. The minimum absolute atomic E-state index is 0.0314. The van der Waals surface area contributed by atoms with Crippen molar-refractivity contribution in [2.75, 3.05) is 23.9 Å². The summed E-state index contributed by atoms with van der Waals surface area (Å²) in [5, 5.41) is 16.1. The number of benzene rings is 2. The average Bonchev–Trinajstić information content (AvgIpc) is 2.62. The fourth-order valence-electron chi connectivity index (χ4n) is 2.24. The van der Waals surface area contributed by atoms with E-state index in [0.717, 1.165) is 18.2 Å². The molecule has 0 heterocycles. The van der Waals surface area contributed by atoms with Crippen LogP contribution in [-0.4, -0.2) is 29.7 Å². The first-order valence-corrected chi connectivity index (χ1v) is 8.18. The Morgan fingerprint density at radius 3 is 2.50 bits per heavy atom. The first kappa shape index (κ1) is 21.0. The van der Waals surface area contributed by atoms with Gasteiger partial charge in [-0.15, -0.1) is 0 Å². The normalized spacial score (nSPS) is 11.0. The SMILES string of the molecule is CC(C)(Oc1ccc(F)cc1F)C(=O)Nc1cc([N+](=O)[O-])ccc1NCCF. The van der Waals surface area contributed by atoms with E-state index in [4.69, 9.17) is 4.74 Å². The number of nitro benzene ring substituents is 1. The van der Waals surface area contributed by atoms with E-state index in [2.05, 4.69) is 10.6 Å². The van der Waals surface area contributed by atoms with Gasteiger partial charge in [0.25, 0.3) is 11.6 Å². The van der Waals surface area contributed by atoms with E-state index in [0.29, 0.717) is 6.07 Å². The summed E-state index contributed by atoms with van der Waals surface area (Å²) in [5.74, 6) is -2.87. The lowest BCUT2D eigenvalue weighted by atomic mass is 10.1. The summed E-state index contributed by atoms with van der Waals surface area (Å²) >= 11 is 0. The molecule has 150 valence electrons. The van der Waals surface area contributed by atoms with Crippen LogP contribution in [-0.2, 0) is 4.79 Å². The van der Waals surface area contributed by atoms with Gasteiger partial charge in [0, 0.05) is 24.7 Å². The second-order valence-corrected chi connectivity index (χ2v) is 6.24. The molecule has 0 atom stereocenters. The minimum Gasteiger partial charge on any atom is -0.475 e. The summed E-state index contributed by atoms with van der Waals surface area (Å²) in [4.78, 5) is 23.0. The Balaban J connectivity index is 2.25. The number of carbonyl (C=O) groups is 1. The third-order valence-corrected chi connectivity index (χ3v) is 3.68. The van der Waals surface area contributed by atoms with E-state index in [9.17, 15) is 28.1 Å². The largest absolute Gasteiger partial charge is 0.475 e. The molecule has 0 bridgehead atoms. The number of rotatable bonds is 8. The second-order valence-electron chi connectivity index (χ2n) is 6.24. The summed E-state index contributed by atoms with van der Waals surface area (Å²) in [6, 6.07) is 6.27. The fourth-order valence-corrected chi connectivity index (χ4v) is 2.24. The number of alkyl halides is 1. The van der Waals surface area contributed by atoms with Crippen molar-refractivity contribution < 1.29 is 27.6 Å². The molecule has 0 spiro atoms. The molecule has 1 amide bonds. The van der Waals surface area contributed by atoms with Crippen LogP contribution in [0.15, 0.2) is 36.4 Å². The third-order valence-electron chi connectivity index (χ3n) is 3.68. The molecule has 0 aliphatic rings. The van der Waals surface area contributed by atoms with Crippen LogP contribution in [0.5, 0.6) is 5.75 Å². The number of hydrogen-bond donors (Lipinski definition) is 2. The molecule has 28 heavy (non-hydrogen) atoms. The van der Waals surface area contributed by atoms with Gasteiger partial charge >= 0.3 is 0 Å². The number of nitro groups is 1. The lowest BCUT2D eigenvalue weighted by Crippen LogP contribution is -2.42. The van der Waals surface area contributed by atoms with Crippen molar-refractivity contribution in [3.8, 4) is 5.75 Å². The lowest BCUT2D eigenvalue weighted by Gasteiger charge is -2.26. The molecule has 0 unspecified atom stereocenters. The van der Waals surface area contributed by atoms with E-state index in [1.54, 1.807) is 0 Å². The molecule has 2 N–H and O–H groups in total. The van der Waals surface area contributed by atoms with Crippen molar-refractivity contribution in [3.63, 3.8) is 0 Å². The van der Waals surface area contributed by atoms with Crippen molar-refractivity contribution in [2.45, 2.75) is 19.4 Å². The van der Waals surface area contributed by atoms with Gasteiger partial charge in [-0.05, 0) is 32.0 Å². The van der Waals surface area contributed by atoms with Gasteiger partial charge < -0.3 is 15.4 Å². The Kier molecular flexibility index (Phi) is 6.45. The van der Waals surface area contributed by atoms with Crippen molar-refractivity contribution >= 4 is 23.0 Å². The first-order valence-electron chi connectivity index (χ1n) is 8.18. The van der Waals surface area contributed by atoms with E-state index in [1.807, 2.05) is 0 Å². The monoisotopic (exact) mass is 397 g/mol. The molecule has 2 aromatic carbocycles. The van der Waals surface area contributed by atoms with Crippen molar-refractivity contribution in [1.82, 2.24) is 0 Å². The average molecular weight is 397 g/mol. The Bertz CT molecular complexity index is 890. The van der Waals surface area contributed by atoms with Crippen LogP contribution in [0.3, 0.4) is 0 Å². The van der Waals surface area contributed by atoms with Gasteiger partial charge in [-0.25, -0.2) is 13.2 Å². The maximum absolute atomic E-state index is 13.8. The number of hydrogen-bond acceptors (Lipinski definition) is 5. The van der Waals surface area contributed by atoms with Crippen LogP contribution in [0.2, 0.25) is 0 Å². The van der Waals surface area contributed by atoms with Crippen LogP contribution < -0.4 is 15.4 Å². The third kappa shape index (κ3) is 5.12. The number of halogens is 3. The zero-order valence-electron chi connectivity index (χ0n) is 15.1. The molecule has 0 aliphatic carbocycles. The predicted molar refractivity (Wildman–Crippen MR) is 97.3 cm³/mol. The second kappa shape index (κ2) is 8.59. The predicted octanol–water partition coefficient (Wildman–Crippen LogP) is 4.05. The van der Waals surface area contributed by atoms with E-state index in [1.165, 1.54) is 26.0 Å². The molecular formula is C18H18F3N3O4. The molecule has 10 heteroatoms. The molecule has 2 aromatic rings. The van der Waals surface area contributed by atoms with Crippen LogP contribution in [0.25, 0.3) is 0 Å². The summed E-state index contributed by atoms with van der Waals surface area (Å²) in [6.07, 6.45) is 0. The maximum atomic E-state index is 13.8. The number of nitrogens with one attached hydrogen (secondary N) is 2. The molecule has 0 radical (unpaired) electrons. The quantitative estimate of drug-likeness (QED) is 0.518. The zero-order chi connectivity index (χ0) is 20.9. The molecule has 7 nitrogen and oxygen atoms in total. The fraction of sp³-hybridized carbons (Fsp3) is 0.278. The van der Waals surface area contributed by atoms with Gasteiger partial charge in [0.2, 0.25) is 0 Å². The zero-order valence-corrected chi connectivity index (χ0v) is 15.1. The van der Waals surface area contributed by atoms with Crippen molar-refractivity contribution in [2.24, 2.45) is 0 Å². The van der Waals surface area contributed by atoms with Gasteiger partial charge in [-0.2, -0.15) is 0 Å². The van der Waals surface area contributed by atoms with Crippen LogP contribution >= 0.6 is 0 Å². The Morgan fingerprint density at radius 2 is 1.89 bits per heavy atom. The van der Waals surface area contributed by atoms with Gasteiger partial charge in [0.1, 0.15) is 12.5 Å². The lowest BCUT2D eigenvalue weighted by molar-refractivity contribution is -0.384. The van der Waals surface area contributed by atoms with E-state index >= 15 is 0 Å². The molecule has 0 fully saturated rings. The number of carbonyl (C=O) groups excluding carboxylic acids is 1. The standard InChI is InChI=1S/C18H18F3N3O4/c1-18(2,28-16-6-3-11(20)9-13(16)21)17(25)23-15-10-12(24(26)27)4-5-14(15)22-8-7-19/h3-6,9-10,22H,7-8H2,1-2H3,(H,23,25). The molecule has 0 aromatic heterocycles. The molecular weight excluding hydrogens is 379 g/mol. The molecule has 2 rings (SSSR count). The van der Waals surface area contributed by atoms with Crippen molar-refractivity contribution in [1.29, 1.82) is 0 Å². The number of nitrogens with zero attached hydrogens (tertiary/aromatic N) is 1. The summed E-state index contributed by atoms with van der Waals surface area (Å²) in [7, 11) is 0. The molecule has 0 saturated heterocycles. The minimum atomic E-state index is -1.61. The summed E-state index contributed by atoms with van der Waals surface area (Å²) in [5.41, 5.74) is -1.60. The first-order chi connectivity index (χ1) is 13.1. The highest BCUT2D eigenvalue weighted by Gasteiger charge is 2.32.